The van der Waals surface area contributed by atoms with Crippen LogP contribution in [-0.4, -0.2) is 57.3 Å². The van der Waals surface area contributed by atoms with Crippen molar-refractivity contribution in [1.82, 2.24) is 20.2 Å². The molecule has 1 aliphatic rings. The fourth-order valence-electron chi connectivity index (χ4n) is 3.09. The van der Waals surface area contributed by atoms with Gasteiger partial charge in [0.1, 0.15) is 5.69 Å². The van der Waals surface area contributed by atoms with Crippen LogP contribution < -0.4 is 5.32 Å². The van der Waals surface area contributed by atoms with Gasteiger partial charge in [-0.25, -0.2) is 4.98 Å². The number of thioether (sulfide) groups is 1. The van der Waals surface area contributed by atoms with Gasteiger partial charge in [-0.05, 0) is 40.4 Å². The Bertz CT molecular complexity index is 886. The highest BCUT2D eigenvalue weighted by Crippen LogP contribution is 2.22. The van der Waals surface area contributed by atoms with Crippen LogP contribution >= 0.6 is 27.7 Å². The van der Waals surface area contributed by atoms with Crippen molar-refractivity contribution in [3.8, 4) is 0 Å². The molecule has 0 aliphatic carbocycles. The van der Waals surface area contributed by atoms with Gasteiger partial charge < -0.3 is 10.2 Å². The zero-order valence-electron chi connectivity index (χ0n) is 15.1. The number of carbonyl (C=O) groups excluding carboxylic acids is 2. The van der Waals surface area contributed by atoms with Gasteiger partial charge in [-0.2, -0.15) is 8.78 Å². The number of piperidine rings is 1. The number of likely N-dealkylation sites (tertiary alicyclic amines) is 1. The molecule has 1 aliphatic heterocycles. The minimum Gasteiger partial charge on any atom is -0.346 e. The third kappa shape index (κ3) is 4.96. The van der Waals surface area contributed by atoms with E-state index in [1.807, 2.05) is 6.92 Å². The molecule has 0 bridgehead atoms. The SMILES string of the molecule is CC1CCN(C(=O)CSC(F)F)CC1NC(=O)c1ccc2cncc(Br)c2n1. The molecule has 0 spiro atoms. The highest BCUT2D eigenvalue weighted by atomic mass is 79.9. The number of pyridine rings is 2. The lowest BCUT2D eigenvalue weighted by molar-refractivity contribution is -0.130. The van der Waals surface area contributed by atoms with E-state index >= 15 is 0 Å². The predicted octanol–water partition coefficient (Wildman–Crippen LogP) is 3.31. The first-order chi connectivity index (χ1) is 13.3. The highest BCUT2D eigenvalue weighted by Gasteiger charge is 2.30. The standard InChI is InChI=1S/C18H19BrF2N4O2S/c1-10-4-5-25(15(26)9-28-18(20)21)8-14(10)24-17(27)13-3-2-11-6-22-7-12(19)16(11)23-13/h2-3,6-7,10,14,18H,4-5,8-9H2,1H3,(H,24,27). The van der Waals surface area contributed by atoms with Gasteiger partial charge in [0.25, 0.3) is 11.7 Å². The van der Waals surface area contributed by atoms with Crippen LogP contribution in [0.4, 0.5) is 8.78 Å². The molecule has 2 unspecified atom stereocenters. The molecular weight excluding hydrogens is 454 g/mol. The lowest BCUT2D eigenvalue weighted by atomic mass is 9.93. The zero-order chi connectivity index (χ0) is 20.3. The number of hydrogen-bond donors (Lipinski definition) is 1. The molecule has 3 heterocycles. The maximum absolute atomic E-state index is 12.7. The first-order valence-electron chi connectivity index (χ1n) is 8.74. The summed E-state index contributed by atoms with van der Waals surface area (Å²) in [7, 11) is 0. The quantitative estimate of drug-likeness (QED) is 0.722. The number of fused-ring (bicyclic) bond motifs is 1. The Kier molecular flexibility index (Phi) is 6.82. The van der Waals surface area contributed by atoms with E-state index in [0.29, 0.717) is 41.3 Å². The summed E-state index contributed by atoms with van der Waals surface area (Å²) in [6, 6.07) is 3.14. The molecule has 2 aromatic rings. The summed E-state index contributed by atoms with van der Waals surface area (Å²) in [6.45, 7) is 2.80. The molecular formula is C18H19BrF2N4O2S. The molecule has 0 saturated carbocycles. The Morgan fingerprint density at radius 3 is 2.93 bits per heavy atom. The molecule has 6 nitrogen and oxygen atoms in total. The van der Waals surface area contributed by atoms with E-state index in [0.717, 1.165) is 5.39 Å². The molecule has 0 aromatic carbocycles. The Balaban J connectivity index is 1.68. The van der Waals surface area contributed by atoms with Gasteiger partial charge >= 0.3 is 0 Å². The van der Waals surface area contributed by atoms with Crippen molar-refractivity contribution in [2.75, 3.05) is 18.8 Å². The maximum atomic E-state index is 12.7. The van der Waals surface area contributed by atoms with E-state index in [-0.39, 0.29) is 35.2 Å². The van der Waals surface area contributed by atoms with Crippen molar-refractivity contribution in [2.24, 2.45) is 5.92 Å². The second-order valence-electron chi connectivity index (χ2n) is 6.65. The average molecular weight is 473 g/mol. The minimum atomic E-state index is -2.57. The van der Waals surface area contributed by atoms with Gasteiger partial charge in [-0.3, -0.25) is 14.6 Å². The van der Waals surface area contributed by atoms with Gasteiger partial charge in [0.2, 0.25) is 5.91 Å². The Labute approximate surface area is 173 Å². The summed E-state index contributed by atoms with van der Waals surface area (Å²) >= 11 is 3.70. The molecule has 3 rings (SSSR count). The minimum absolute atomic E-state index is 0.159. The molecule has 2 amide bonds. The van der Waals surface area contributed by atoms with Crippen LogP contribution in [0.5, 0.6) is 0 Å². The summed E-state index contributed by atoms with van der Waals surface area (Å²) < 4.78 is 25.3. The maximum Gasteiger partial charge on any atom is 0.285 e. The van der Waals surface area contributed by atoms with Crippen LogP contribution in [0.25, 0.3) is 10.9 Å². The molecule has 0 radical (unpaired) electrons. The zero-order valence-corrected chi connectivity index (χ0v) is 17.5. The first-order valence-corrected chi connectivity index (χ1v) is 10.6. The third-order valence-electron chi connectivity index (χ3n) is 4.75. The smallest absolute Gasteiger partial charge is 0.285 e. The second kappa shape index (κ2) is 9.13. The van der Waals surface area contributed by atoms with Crippen molar-refractivity contribution in [3.05, 3.63) is 34.7 Å². The van der Waals surface area contributed by atoms with Gasteiger partial charge in [0.05, 0.1) is 15.7 Å². The number of nitrogens with zero attached hydrogens (tertiary/aromatic N) is 3. The van der Waals surface area contributed by atoms with Crippen LogP contribution in [-0.2, 0) is 4.79 Å². The molecule has 1 saturated heterocycles. The molecule has 1 N–H and O–H groups in total. The van der Waals surface area contributed by atoms with Gasteiger partial charge in [0.15, 0.2) is 0 Å². The Morgan fingerprint density at radius 2 is 2.18 bits per heavy atom. The average Bonchev–Trinajstić information content (AvgIpc) is 2.67. The summed E-state index contributed by atoms with van der Waals surface area (Å²) in [6.07, 6.45) is 3.97. The summed E-state index contributed by atoms with van der Waals surface area (Å²) in [5.74, 6) is -3.35. The van der Waals surface area contributed by atoms with Gasteiger partial charge in [0, 0.05) is 36.9 Å². The van der Waals surface area contributed by atoms with Crippen LogP contribution in [0, 0.1) is 5.92 Å². The number of hydrogen-bond acceptors (Lipinski definition) is 5. The summed E-state index contributed by atoms with van der Waals surface area (Å²) in [5, 5.41) is 3.75. The van der Waals surface area contributed by atoms with Crippen molar-refractivity contribution in [2.45, 2.75) is 25.1 Å². The number of halogens is 3. The fourth-order valence-corrected chi connectivity index (χ4v) is 3.97. The monoisotopic (exact) mass is 472 g/mol. The van der Waals surface area contributed by atoms with Crippen LogP contribution in [0.3, 0.4) is 0 Å². The van der Waals surface area contributed by atoms with E-state index in [2.05, 4.69) is 31.2 Å². The number of carbonyl (C=O) groups is 2. The Hall–Kier alpha value is -1.81. The fraction of sp³-hybridized carbons (Fsp3) is 0.444. The number of amides is 2. The van der Waals surface area contributed by atoms with Gasteiger partial charge in [-0.1, -0.05) is 18.7 Å². The Morgan fingerprint density at radius 1 is 1.39 bits per heavy atom. The van der Waals surface area contributed by atoms with E-state index < -0.39 is 5.76 Å². The number of aromatic nitrogens is 2. The molecule has 2 aromatic heterocycles. The first kappa shape index (κ1) is 20.9. The largest absolute Gasteiger partial charge is 0.346 e. The number of rotatable bonds is 5. The number of alkyl halides is 2. The lowest BCUT2D eigenvalue weighted by Crippen LogP contribution is -2.53. The van der Waals surface area contributed by atoms with Crippen molar-refractivity contribution < 1.29 is 18.4 Å². The molecule has 1 fully saturated rings. The van der Waals surface area contributed by atoms with Crippen LogP contribution in [0.1, 0.15) is 23.8 Å². The molecule has 150 valence electrons. The van der Waals surface area contributed by atoms with E-state index in [1.54, 1.807) is 24.5 Å². The van der Waals surface area contributed by atoms with Crippen molar-refractivity contribution in [3.63, 3.8) is 0 Å². The van der Waals surface area contributed by atoms with E-state index in [1.165, 1.54) is 4.90 Å². The van der Waals surface area contributed by atoms with Crippen molar-refractivity contribution >= 4 is 50.4 Å². The van der Waals surface area contributed by atoms with E-state index in [4.69, 9.17) is 0 Å². The van der Waals surface area contributed by atoms with E-state index in [9.17, 15) is 18.4 Å². The highest BCUT2D eigenvalue weighted by molar-refractivity contribution is 9.10. The lowest BCUT2D eigenvalue weighted by Gasteiger charge is -2.37. The summed E-state index contributed by atoms with van der Waals surface area (Å²) in [5.41, 5.74) is 0.906. The molecule has 2 atom stereocenters. The summed E-state index contributed by atoms with van der Waals surface area (Å²) in [4.78, 5) is 34.8. The van der Waals surface area contributed by atoms with Crippen molar-refractivity contribution in [1.29, 1.82) is 0 Å². The molecule has 28 heavy (non-hydrogen) atoms. The second-order valence-corrected chi connectivity index (χ2v) is 8.48. The third-order valence-corrected chi connectivity index (χ3v) is 5.99. The normalized spacial score (nSPS) is 19.8. The molecule has 10 heteroatoms. The van der Waals surface area contributed by atoms with Crippen LogP contribution in [0.2, 0.25) is 0 Å². The number of nitrogens with one attached hydrogen (secondary N) is 1. The topological polar surface area (TPSA) is 75.2 Å². The van der Waals surface area contributed by atoms with Gasteiger partial charge in [-0.15, -0.1) is 0 Å². The van der Waals surface area contributed by atoms with Crippen LogP contribution in [0.15, 0.2) is 29.0 Å². The predicted molar refractivity (Wildman–Crippen MR) is 107 cm³/mol.